The van der Waals surface area contributed by atoms with Crippen LogP contribution < -0.4 is 9.80 Å². The molecule has 0 saturated carbocycles. The molecule has 22 heteroatoms. The number of amides is 6. The van der Waals surface area contributed by atoms with Gasteiger partial charge in [0.25, 0.3) is 23.6 Å². The van der Waals surface area contributed by atoms with Crippen LogP contribution in [0.15, 0.2) is 48.5 Å². The lowest BCUT2D eigenvalue weighted by Crippen LogP contribution is -2.55. The highest BCUT2D eigenvalue weighted by atomic mass is 16.6. The number of benzene rings is 2. The fourth-order valence-electron chi connectivity index (χ4n) is 11.2. The van der Waals surface area contributed by atoms with Crippen molar-refractivity contribution in [3.8, 4) is 0 Å². The van der Waals surface area contributed by atoms with E-state index in [0.29, 0.717) is 63.5 Å². The molecule has 3 aliphatic rings. The summed E-state index contributed by atoms with van der Waals surface area (Å²) in [5.74, 6) is -7.58. The van der Waals surface area contributed by atoms with Crippen molar-refractivity contribution in [1.82, 2.24) is 29.4 Å². The Hall–Kier alpha value is -7.26. The van der Waals surface area contributed by atoms with Crippen molar-refractivity contribution in [3.63, 3.8) is 0 Å². The van der Waals surface area contributed by atoms with Crippen molar-refractivity contribution in [2.75, 3.05) is 90.3 Å². The molecule has 3 saturated heterocycles. The number of nitrogens with zero attached hydrogens (tertiary/aromatic N) is 8. The first-order valence-electron chi connectivity index (χ1n) is 30.5. The molecule has 476 valence electrons. The summed E-state index contributed by atoms with van der Waals surface area (Å²) in [6.07, 6.45) is -6.14. The molecule has 2 aromatic carbocycles. The van der Waals surface area contributed by atoms with Gasteiger partial charge in [-0.1, -0.05) is 79.7 Å². The number of likely N-dealkylation sites (N-methyl/N-ethyl adjacent to an activating group) is 4. The van der Waals surface area contributed by atoms with Crippen LogP contribution in [-0.4, -0.2) is 218 Å². The quantitative estimate of drug-likeness (QED) is 0.179. The molecule has 5 rings (SSSR count). The predicted octanol–water partition coefficient (Wildman–Crippen LogP) is 5.00. The van der Waals surface area contributed by atoms with Crippen molar-refractivity contribution in [1.29, 1.82) is 0 Å². The summed E-state index contributed by atoms with van der Waals surface area (Å²) in [7, 11) is 5.55. The Morgan fingerprint density at radius 2 is 0.640 bits per heavy atom. The highest BCUT2D eigenvalue weighted by Crippen LogP contribution is 2.27. The first-order valence-corrected chi connectivity index (χ1v) is 30.5. The highest BCUT2D eigenvalue weighted by molar-refractivity contribution is 5.94. The second-order valence-corrected chi connectivity index (χ2v) is 25.1. The van der Waals surface area contributed by atoms with E-state index in [0.717, 1.165) is 31.0 Å². The summed E-state index contributed by atoms with van der Waals surface area (Å²) in [6, 6.07) is 9.54. The third kappa shape index (κ3) is 18.9. The highest BCUT2D eigenvalue weighted by Gasteiger charge is 2.43. The fourth-order valence-corrected chi connectivity index (χ4v) is 11.2. The molecule has 86 heavy (non-hydrogen) atoms. The first-order chi connectivity index (χ1) is 40.4. The van der Waals surface area contributed by atoms with Gasteiger partial charge in [0.05, 0.1) is 0 Å². The third-order valence-corrected chi connectivity index (χ3v) is 16.4. The Balaban J connectivity index is 1.57. The largest absolute Gasteiger partial charge is 0.451 e. The van der Waals surface area contributed by atoms with Crippen LogP contribution in [0.25, 0.3) is 0 Å². The summed E-state index contributed by atoms with van der Waals surface area (Å²) in [5, 5.41) is 0. The molecule has 0 radical (unpaired) electrons. The van der Waals surface area contributed by atoms with Crippen LogP contribution in [0, 0.1) is 23.7 Å². The predicted molar refractivity (Wildman–Crippen MR) is 324 cm³/mol. The summed E-state index contributed by atoms with van der Waals surface area (Å²) >= 11 is 0. The molecule has 3 fully saturated rings. The number of hydrogen-bond acceptors (Lipinski definition) is 16. The van der Waals surface area contributed by atoms with Crippen LogP contribution in [0.2, 0.25) is 0 Å². The zero-order valence-corrected chi connectivity index (χ0v) is 53.7. The molecule has 6 amide bonds. The van der Waals surface area contributed by atoms with Gasteiger partial charge in [-0.3, -0.25) is 28.8 Å². The van der Waals surface area contributed by atoms with Gasteiger partial charge in [-0.25, -0.2) is 19.2 Å². The average Bonchev–Trinajstić information content (AvgIpc) is 3.65. The van der Waals surface area contributed by atoms with E-state index in [9.17, 15) is 38.4 Å². The molecule has 3 heterocycles. The summed E-state index contributed by atoms with van der Waals surface area (Å²) in [6.45, 7) is 25.3. The molecular weight excluding hydrogens is 1100 g/mol. The maximum absolute atomic E-state index is 15.1. The smallest absolute Gasteiger partial charge is 0.329 e. The maximum atomic E-state index is 15.1. The Kier molecular flexibility index (Phi) is 25.4. The van der Waals surface area contributed by atoms with Crippen molar-refractivity contribution >= 4 is 70.7 Å². The molecule has 0 aliphatic carbocycles. The van der Waals surface area contributed by atoms with Gasteiger partial charge in [0, 0.05) is 119 Å². The van der Waals surface area contributed by atoms with Crippen LogP contribution in [0.3, 0.4) is 0 Å². The van der Waals surface area contributed by atoms with Crippen molar-refractivity contribution < 1.29 is 66.9 Å². The van der Waals surface area contributed by atoms with E-state index in [4.69, 9.17) is 18.9 Å². The Labute approximate surface area is 509 Å². The van der Waals surface area contributed by atoms with E-state index in [1.807, 2.05) is 104 Å². The number of piperazine rings is 2. The summed E-state index contributed by atoms with van der Waals surface area (Å²) in [5.41, 5.74) is 2.97. The molecule has 0 bridgehead atoms. The molecule has 0 spiro atoms. The molecule has 0 N–H and O–H groups in total. The van der Waals surface area contributed by atoms with E-state index in [1.54, 1.807) is 23.6 Å². The van der Waals surface area contributed by atoms with Gasteiger partial charge in [-0.05, 0) is 98.6 Å². The van der Waals surface area contributed by atoms with Gasteiger partial charge in [0.1, 0.15) is 24.2 Å². The topological polar surface area (TPSA) is 234 Å². The minimum absolute atomic E-state index is 0.00386. The van der Waals surface area contributed by atoms with Gasteiger partial charge in [0.2, 0.25) is 11.8 Å². The first kappa shape index (κ1) is 69.5. The molecule has 8 atom stereocenters. The minimum atomic E-state index is -1.55. The lowest BCUT2D eigenvalue weighted by atomic mass is 9.99. The van der Waals surface area contributed by atoms with Crippen molar-refractivity contribution in [2.24, 2.45) is 23.7 Å². The number of hydrogen-bond donors (Lipinski definition) is 0. The minimum Gasteiger partial charge on any atom is -0.451 e. The van der Waals surface area contributed by atoms with E-state index >= 15 is 9.59 Å². The lowest BCUT2D eigenvalue weighted by Gasteiger charge is -2.36. The number of ether oxygens (including phenoxy) is 4. The van der Waals surface area contributed by atoms with Gasteiger partial charge >= 0.3 is 23.9 Å². The van der Waals surface area contributed by atoms with E-state index in [-0.39, 0.29) is 74.0 Å². The fraction of sp³-hybridized carbons (Fsp3) is 0.656. The van der Waals surface area contributed by atoms with E-state index in [2.05, 4.69) is 9.80 Å². The second-order valence-electron chi connectivity index (χ2n) is 25.1. The van der Waals surface area contributed by atoms with Gasteiger partial charge in [-0.2, -0.15) is 0 Å². The zero-order chi connectivity index (χ0) is 64.0. The van der Waals surface area contributed by atoms with Crippen LogP contribution in [0.1, 0.15) is 120 Å². The molecular formula is C64H96N8O14. The molecule has 3 aliphatic heterocycles. The van der Waals surface area contributed by atoms with Gasteiger partial charge in [0.15, 0.2) is 24.4 Å². The number of anilines is 2. The van der Waals surface area contributed by atoms with Crippen LogP contribution in [0.5, 0.6) is 0 Å². The molecule has 0 aromatic heterocycles. The van der Waals surface area contributed by atoms with Crippen molar-refractivity contribution in [3.05, 3.63) is 59.7 Å². The number of cyclic esters (lactones) is 4. The average molecular weight is 1200 g/mol. The van der Waals surface area contributed by atoms with Gasteiger partial charge < -0.3 is 58.1 Å². The monoisotopic (exact) mass is 1200 g/mol. The normalized spacial score (nSPS) is 24.6. The Bertz CT molecular complexity index is 2490. The van der Waals surface area contributed by atoms with Gasteiger partial charge in [-0.15, -0.1) is 0 Å². The van der Waals surface area contributed by atoms with Crippen LogP contribution in [0.4, 0.5) is 11.4 Å². The number of carbonyl (C=O) groups excluding carboxylic acids is 10. The molecule has 22 nitrogen and oxygen atoms in total. The molecule has 2 aromatic rings. The third-order valence-electron chi connectivity index (χ3n) is 16.4. The summed E-state index contributed by atoms with van der Waals surface area (Å²) < 4.78 is 24.3. The second kappa shape index (κ2) is 31.4. The number of carbonyl (C=O) groups is 10. The number of rotatable bonds is 14. The maximum Gasteiger partial charge on any atom is 0.329 e. The van der Waals surface area contributed by atoms with Crippen LogP contribution in [-0.2, 0) is 79.7 Å². The summed E-state index contributed by atoms with van der Waals surface area (Å²) in [4.78, 5) is 154. The van der Waals surface area contributed by atoms with E-state index < -0.39 is 96.1 Å². The number of esters is 4. The molecule has 0 unspecified atom stereocenters. The van der Waals surface area contributed by atoms with E-state index in [1.165, 1.54) is 42.0 Å². The van der Waals surface area contributed by atoms with Crippen molar-refractivity contribution in [2.45, 2.75) is 170 Å². The standard InChI is InChI=1S/C64H96N8O14/c1-39(2)33-51-61(79)83-43(9)57(75)65(13)54(36-42(7)8)64(82)86-56(38-48-19-23-50(24-20-48)72-31-27-70(28-32-72)46(12)74)60(78)68(16)52(34-40(3)4)62(80)84-44(10)58(76)66(14)53(35-41(5)6)63(81)85-55(59(77)67(51)15)37-47-17-21-49(22-18-47)71-29-25-69(26-30-71)45(11)73/h17-24,39-44,51-56H,25-38H2,1-16H3/t43-,44-,51+,52+,53+,54+,55-,56-/m1/s1. The Morgan fingerprint density at radius 3 is 0.884 bits per heavy atom. The Morgan fingerprint density at radius 1 is 0.395 bits per heavy atom. The van der Waals surface area contributed by atoms with Crippen LogP contribution >= 0.6 is 0 Å². The zero-order valence-electron chi connectivity index (χ0n) is 53.7. The lowest BCUT2D eigenvalue weighted by molar-refractivity contribution is -0.176. The SMILES string of the molecule is CC(=O)N1CCN(c2ccc(C[C@H]3OC(=O)[C@H](CC(C)C)N(C)C(=O)[C@@H](C)OC(=O)[C@H](CC(C)C)N(C)C(=O)[C@@H](Cc4ccc(N5CCN(C(C)=O)CC5)cc4)OC(=O)[C@H](CC(C)C)N(C)C(=O)[C@@H](C)OC(=O)[C@H](CC(C)C)N(C)C3=O)cc2)CC1.